The number of rotatable bonds is 8. The molecule has 0 bridgehead atoms. The minimum Gasteiger partial charge on any atom is -0.461 e. The highest BCUT2D eigenvalue weighted by atomic mass is 16.5. The van der Waals surface area contributed by atoms with Gasteiger partial charge in [-0.25, -0.2) is 4.79 Å². The zero-order chi connectivity index (χ0) is 12.4. The fraction of sp³-hybridized carbons (Fsp3) is 0.667. The summed E-state index contributed by atoms with van der Waals surface area (Å²) < 4.78 is 4.87. The predicted molar refractivity (Wildman–Crippen MR) is 62.7 cm³/mol. The second-order valence-corrected chi connectivity index (χ2v) is 3.60. The van der Waals surface area contributed by atoms with Crippen molar-refractivity contribution in [2.24, 2.45) is 0 Å². The van der Waals surface area contributed by atoms with Gasteiger partial charge in [0.15, 0.2) is 0 Å². The summed E-state index contributed by atoms with van der Waals surface area (Å²) in [7, 11) is 0. The van der Waals surface area contributed by atoms with E-state index in [9.17, 15) is 9.59 Å². The first-order chi connectivity index (χ1) is 7.67. The van der Waals surface area contributed by atoms with E-state index in [0.29, 0.717) is 13.0 Å². The Kier molecular flexibility index (Phi) is 8.21. The van der Waals surface area contributed by atoms with E-state index in [2.05, 4.69) is 12.2 Å². The van der Waals surface area contributed by atoms with Gasteiger partial charge in [-0.3, -0.25) is 4.79 Å². The van der Waals surface area contributed by atoms with Crippen molar-refractivity contribution >= 4 is 12.4 Å². The van der Waals surface area contributed by atoms with E-state index < -0.39 is 5.97 Å². The quantitative estimate of drug-likeness (QED) is 0.299. The van der Waals surface area contributed by atoms with Crippen LogP contribution in [0, 0.1) is 0 Å². The molecule has 0 saturated carbocycles. The molecule has 0 rings (SSSR count). The lowest BCUT2D eigenvalue weighted by atomic mass is 10.1. The summed E-state index contributed by atoms with van der Waals surface area (Å²) in [5, 5.41) is 2.42. The highest BCUT2D eigenvalue weighted by Gasteiger charge is 2.13. The molecule has 92 valence electrons. The fourth-order valence-electron chi connectivity index (χ4n) is 1.38. The number of allylic oxidation sites excluding steroid dienone is 1. The first-order valence-electron chi connectivity index (χ1n) is 5.74. The number of carbonyl (C=O) groups is 2. The standard InChI is InChI=1S/C12H21NO3/c1-4-6-7-8-10(3)11(13-9-14)12(15)16-5-2/h9H,4-8H2,1-3H3,(H,13,14)/b11-10-. The number of hydrogen-bond donors (Lipinski definition) is 1. The Labute approximate surface area is 97.1 Å². The Bertz CT molecular complexity index is 259. The number of nitrogens with one attached hydrogen (secondary N) is 1. The molecule has 4 heteroatoms. The van der Waals surface area contributed by atoms with Crippen molar-refractivity contribution < 1.29 is 14.3 Å². The van der Waals surface area contributed by atoms with Crippen LogP contribution in [0.4, 0.5) is 0 Å². The summed E-state index contributed by atoms with van der Waals surface area (Å²) in [6.45, 7) is 6.02. The average molecular weight is 227 g/mol. The van der Waals surface area contributed by atoms with Gasteiger partial charge in [0.25, 0.3) is 0 Å². The van der Waals surface area contributed by atoms with Crippen molar-refractivity contribution in [1.82, 2.24) is 5.32 Å². The van der Waals surface area contributed by atoms with Crippen LogP contribution in [0.1, 0.15) is 46.5 Å². The third-order valence-electron chi connectivity index (χ3n) is 2.26. The molecule has 0 aliphatic heterocycles. The summed E-state index contributed by atoms with van der Waals surface area (Å²) in [6.07, 6.45) is 4.59. The number of ether oxygens (including phenoxy) is 1. The SMILES string of the molecule is CCCCC/C(C)=C(\NC=O)C(=O)OCC. The Morgan fingerprint density at radius 3 is 2.50 bits per heavy atom. The van der Waals surface area contributed by atoms with Gasteiger partial charge in [-0.2, -0.15) is 0 Å². The molecule has 0 aliphatic rings. The molecule has 0 aromatic heterocycles. The Morgan fingerprint density at radius 2 is 2.00 bits per heavy atom. The number of carbonyl (C=O) groups excluding carboxylic acids is 2. The fourth-order valence-corrected chi connectivity index (χ4v) is 1.38. The van der Waals surface area contributed by atoms with Crippen molar-refractivity contribution in [3.63, 3.8) is 0 Å². The first-order valence-corrected chi connectivity index (χ1v) is 5.74. The highest BCUT2D eigenvalue weighted by molar-refractivity contribution is 5.90. The smallest absolute Gasteiger partial charge is 0.354 e. The van der Waals surface area contributed by atoms with Gasteiger partial charge in [-0.15, -0.1) is 0 Å². The number of unbranched alkanes of at least 4 members (excludes halogenated alkanes) is 2. The van der Waals surface area contributed by atoms with Crippen LogP contribution in [-0.2, 0) is 14.3 Å². The molecule has 0 spiro atoms. The molecule has 1 amide bonds. The van der Waals surface area contributed by atoms with Gasteiger partial charge < -0.3 is 10.1 Å². The van der Waals surface area contributed by atoms with Gasteiger partial charge in [-0.05, 0) is 32.3 Å². The van der Waals surface area contributed by atoms with Crippen molar-refractivity contribution in [1.29, 1.82) is 0 Å². The number of hydrogen-bond acceptors (Lipinski definition) is 3. The molecule has 4 nitrogen and oxygen atoms in total. The molecule has 0 aromatic rings. The molecule has 0 aromatic carbocycles. The Balaban J connectivity index is 4.50. The minimum absolute atomic E-state index is 0.285. The van der Waals surface area contributed by atoms with Gasteiger partial charge in [0.1, 0.15) is 5.70 Å². The van der Waals surface area contributed by atoms with Crippen LogP contribution < -0.4 is 5.32 Å². The topological polar surface area (TPSA) is 55.4 Å². The normalized spacial score (nSPS) is 11.7. The van der Waals surface area contributed by atoms with Gasteiger partial charge >= 0.3 is 5.97 Å². The molecular weight excluding hydrogens is 206 g/mol. The lowest BCUT2D eigenvalue weighted by Gasteiger charge is -2.09. The molecular formula is C12H21NO3. The Hall–Kier alpha value is -1.32. The summed E-state index contributed by atoms with van der Waals surface area (Å²) in [4.78, 5) is 21.9. The monoisotopic (exact) mass is 227 g/mol. The molecule has 0 unspecified atom stereocenters. The molecule has 1 N–H and O–H groups in total. The van der Waals surface area contributed by atoms with Crippen LogP contribution in [-0.4, -0.2) is 19.0 Å². The van der Waals surface area contributed by atoms with Crippen LogP contribution >= 0.6 is 0 Å². The van der Waals surface area contributed by atoms with Gasteiger partial charge in [0.2, 0.25) is 6.41 Å². The lowest BCUT2D eigenvalue weighted by Crippen LogP contribution is -2.22. The second kappa shape index (κ2) is 8.95. The molecule has 0 fully saturated rings. The van der Waals surface area contributed by atoms with Crippen molar-refractivity contribution in [2.45, 2.75) is 46.5 Å². The maximum absolute atomic E-state index is 11.5. The second-order valence-electron chi connectivity index (χ2n) is 3.60. The zero-order valence-corrected chi connectivity index (χ0v) is 10.3. The highest BCUT2D eigenvalue weighted by Crippen LogP contribution is 2.12. The largest absolute Gasteiger partial charge is 0.461 e. The summed E-state index contributed by atoms with van der Waals surface area (Å²) in [6, 6.07) is 0. The van der Waals surface area contributed by atoms with Crippen molar-refractivity contribution in [3.8, 4) is 0 Å². The average Bonchev–Trinajstić information content (AvgIpc) is 2.26. The van der Waals surface area contributed by atoms with Gasteiger partial charge in [-0.1, -0.05) is 19.8 Å². The van der Waals surface area contributed by atoms with Crippen molar-refractivity contribution in [2.75, 3.05) is 6.61 Å². The van der Waals surface area contributed by atoms with Crippen LogP contribution in [0.2, 0.25) is 0 Å². The first kappa shape index (κ1) is 14.7. The molecule has 0 radical (unpaired) electrons. The number of amides is 1. The molecule has 0 atom stereocenters. The van der Waals surface area contributed by atoms with E-state index in [1.165, 1.54) is 0 Å². The molecule has 16 heavy (non-hydrogen) atoms. The molecule has 0 saturated heterocycles. The summed E-state index contributed by atoms with van der Waals surface area (Å²) in [5.74, 6) is -0.455. The maximum Gasteiger partial charge on any atom is 0.354 e. The van der Waals surface area contributed by atoms with Crippen molar-refractivity contribution in [3.05, 3.63) is 11.3 Å². The van der Waals surface area contributed by atoms with E-state index >= 15 is 0 Å². The summed E-state index contributed by atoms with van der Waals surface area (Å²) >= 11 is 0. The maximum atomic E-state index is 11.5. The van der Waals surface area contributed by atoms with E-state index in [1.807, 2.05) is 6.92 Å². The van der Waals surface area contributed by atoms with Crippen LogP contribution in [0.3, 0.4) is 0 Å². The van der Waals surface area contributed by atoms with Gasteiger partial charge in [0, 0.05) is 0 Å². The predicted octanol–water partition coefficient (Wildman–Crippen LogP) is 2.15. The zero-order valence-electron chi connectivity index (χ0n) is 10.3. The van der Waals surface area contributed by atoms with E-state index in [0.717, 1.165) is 31.3 Å². The molecule has 0 heterocycles. The van der Waals surface area contributed by atoms with Crippen LogP contribution in [0.5, 0.6) is 0 Å². The van der Waals surface area contributed by atoms with E-state index in [4.69, 9.17) is 4.74 Å². The van der Waals surface area contributed by atoms with Crippen LogP contribution in [0.25, 0.3) is 0 Å². The van der Waals surface area contributed by atoms with E-state index in [1.54, 1.807) is 6.92 Å². The van der Waals surface area contributed by atoms with Crippen LogP contribution in [0.15, 0.2) is 11.3 Å². The third kappa shape index (κ3) is 5.53. The minimum atomic E-state index is -0.455. The third-order valence-corrected chi connectivity index (χ3v) is 2.26. The lowest BCUT2D eigenvalue weighted by molar-refractivity contribution is -0.139. The molecule has 0 aliphatic carbocycles. The number of esters is 1. The van der Waals surface area contributed by atoms with Gasteiger partial charge in [0.05, 0.1) is 6.61 Å². The summed E-state index contributed by atoms with van der Waals surface area (Å²) in [5.41, 5.74) is 1.16. The van der Waals surface area contributed by atoms with E-state index in [-0.39, 0.29) is 5.70 Å². The Morgan fingerprint density at radius 1 is 1.31 bits per heavy atom.